The van der Waals surface area contributed by atoms with Crippen LogP contribution in [-0.2, 0) is 4.79 Å². The quantitative estimate of drug-likeness (QED) is 0.543. The monoisotopic (exact) mass is 404 g/mol. The van der Waals surface area contributed by atoms with Gasteiger partial charge in [-0.05, 0) is 23.8 Å². The van der Waals surface area contributed by atoms with Crippen LogP contribution in [0, 0.1) is 0 Å². The van der Waals surface area contributed by atoms with E-state index >= 15 is 0 Å². The summed E-state index contributed by atoms with van der Waals surface area (Å²) in [7, 11) is 0. The molecule has 0 unspecified atom stereocenters. The molecular weight excluding hydrogens is 388 g/mol. The molecule has 144 valence electrons. The normalized spacial score (nSPS) is 10.7. The lowest BCUT2D eigenvalue weighted by molar-refractivity contribution is -0.114. The Hall–Kier alpha value is -3.78. The molecule has 2 aromatic carbocycles. The second kappa shape index (κ2) is 7.69. The number of hydrogen-bond donors (Lipinski definition) is 2. The van der Waals surface area contributed by atoms with Crippen molar-refractivity contribution in [2.45, 2.75) is 6.92 Å². The molecule has 7 nitrogen and oxygen atoms in total. The van der Waals surface area contributed by atoms with Crippen LogP contribution in [0.25, 0.3) is 16.2 Å². The van der Waals surface area contributed by atoms with Crippen molar-refractivity contribution in [3.63, 3.8) is 0 Å². The minimum atomic E-state index is -0.568. The molecule has 0 radical (unpaired) electrons. The molecular formula is C21H16N4O3S. The van der Waals surface area contributed by atoms with E-state index in [0.717, 1.165) is 5.56 Å². The lowest BCUT2D eigenvalue weighted by Gasteiger charge is -2.08. The van der Waals surface area contributed by atoms with Crippen molar-refractivity contribution >= 4 is 39.5 Å². The van der Waals surface area contributed by atoms with Gasteiger partial charge in [-0.3, -0.25) is 18.8 Å². The van der Waals surface area contributed by atoms with Gasteiger partial charge in [0.1, 0.15) is 5.56 Å². The molecule has 0 fully saturated rings. The third-order valence-corrected chi connectivity index (χ3v) is 5.04. The second-order valence-electron chi connectivity index (χ2n) is 6.30. The summed E-state index contributed by atoms with van der Waals surface area (Å²) in [5, 5.41) is 7.18. The highest BCUT2D eigenvalue weighted by molar-refractivity contribution is 7.15. The molecule has 4 rings (SSSR count). The van der Waals surface area contributed by atoms with Gasteiger partial charge < -0.3 is 10.6 Å². The molecule has 0 aliphatic heterocycles. The molecule has 4 aromatic rings. The van der Waals surface area contributed by atoms with Crippen molar-refractivity contribution in [1.82, 2.24) is 9.38 Å². The fourth-order valence-corrected chi connectivity index (χ4v) is 3.79. The molecule has 0 spiro atoms. The van der Waals surface area contributed by atoms with Crippen LogP contribution in [0.5, 0.6) is 0 Å². The molecule has 0 saturated carbocycles. The van der Waals surface area contributed by atoms with Gasteiger partial charge in [0.25, 0.3) is 11.5 Å². The number of fused-ring (bicyclic) bond motifs is 1. The first-order valence-corrected chi connectivity index (χ1v) is 9.64. The molecule has 8 heteroatoms. The topological polar surface area (TPSA) is 92.6 Å². The zero-order valence-electron chi connectivity index (χ0n) is 15.4. The lowest BCUT2D eigenvalue weighted by Crippen LogP contribution is -2.26. The highest BCUT2D eigenvalue weighted by Gasteiger charge is 2.17. The second-order valence-corrected chi connectivity index (χ2v) is 7.13. The Morgan fingerprint density at radius 2 is 1.72 bits per heavy atom. The maximum atomic E-state index is 13.0. The highest BCUT2D eigenvalue weighted by atomic mass is 32.1. The summed E-state index contributed by atoms with van der Waals surface area (Å²) < 4.78 is 1.45. The van der Waals surface area contributed by atoms with Crippen LogP contribution >= 0.6 is 11.3 Å². The number of carbonyl (C=O) groups is 2. The van der Waals surface area contributed by atoms with Crippen LogP contribution < -0.4 is 16.2 Å². The first-order valence-electron chi connectivity index (χ1n) is 8.76. The van der Waals surface area contributed by atoms with Gasteiger partial charge in [0.05, 0.1) is 5.69 Å². The minimum absolute atomic E-state index is 0.0667. The molecule has 0 atom stereocenters. The van der Waals surface area contributed by atoms with E-state index in [2.05, 4.69) is 15.6 Å². The van der Waals surface area contributed by atoms with Crippen LogP contribution in [0.2, 0.25) is 0 Å². The molecule has 0 bridgehead atoms. The number of amides is 2. The van der Waals surface area contributed by atoms with E-state index in [-0.39, 0.29) is 11.5 Å². The summed E-state index contributed by atoms with van der Waals surface area (Å²) in [6, 6.07) is 16.1. The van der Waals surface area contributed by atoms with Crippen LogP contribution in [0.4, 0.5) is 11.4 Å². The van der Waals surface area contributed by atoms with Gasteiger partial charge in [-0.15, -0.1) is 11.3 Å². The number of nitrogens with one attached hydrogen (secondary N) is 2. The Kier molecular flexibility index (Phi) is 4.92. The average molecular weight is 404 g/mol. The highest BCUT2D eigenvalue weighted by Crippen LogP contribution is 2.23. The molecule has 2 N–H and O–H groups in total. The number of hydrogen-bond acceptors (Lipinski definition) is 5. The van der Waals surface area contributed by atoms with Crippen LogP contribution in [0.15, 0.2) is 71.0 Å². The zero-order chi connectivity index (χ0) is 20.4. The summed E-state index contributed by atoms with van der Waals surface area (Å²) in [4.78, 5) is 41.8. The number of aromatic nitrogens is 2. The SMILES string of the molecule is CC(=O)Nc1cccc(NC(=O)c2cnc3scc(-c4ccccc4)n3c2=O)c1. The maximum absolute atomic E-state index is 13.0. The number of anilines is 2. The Morgan fingerprint density at radius 3 is 2.45 bits per heavy atom. The molecule has 0 saturated heterocycles. The van der Waals surface area contributed by atoms with Gasteiger partial charge in [0, 0.05) is 29.9 Å². The summed E-state index contributed by atoms with van der Waals surface area (Å²) >= 11 is 1.33. The fraction of sp³-hybridized carbons (Fsp3) is 0.0476. The smallest absolute Gasteiger partial charge is 0.271 e. The Morgan fingerprint density at radius 1 is 1.00 bits per heavy atom. The van der Waals surface area contributed by atoms with Crippen LogP contribution in [0.1, 0.15) is 17.3 Å². The van der Waals surface area contributed by atoms with Gasteiger partial charge >= 0.3 is 0 Å². The van der Waals surface area contributed by atoms with Crippen molar-refractivity contribution in [2.75, 3.05) is 10.6 Å². The van der Waals surface area contributed by atoms with Gasteiger partial charge in [0.15, 0.2) is 4.96 Å². The van der Waals surface area contributed by atoms with Gasteiger partial charge in [-0.25, -0.2) is 4.98 Å². The van der Waals surface area contributed by atoms with E-state index in [1.54, 1.807) is 24.3 Å². The third-order valence-electron chi connectivity index (χ3n) is 4.20. The maximum Gasteiger partial charge on any atom is 0.271 e. The zero-order valence-corrected chi connectivity index (χ0v) is 16.2. The third kappa shape index (κ3) is 3.78. The van der Waals surface area contributed by atoms with E-state index in [1.807, 2.05) is 35.7 Å². The van der Waals surface area contributed by atoms with E-state index in [4.69, 9.17) is 0 Å². The number of rotatable bonds is 4. The van der Waals surface area contributed by atoms with Crippen molar-refractivity contribution in [3.05, 3.63) is 82.1 Å². The summed E-state index contributed by atoms with van der Waals surface area (Å²) in [6.45, 7) is 1.40. The minimum Gasteiger partial charge on any atom is -0.326 e. The van der Waals surface area contributed by atoms with Crippen molar-refractivity contribution in [1.29, 1.82) is 0 Å². The summed E-state index contributed by atoms with van der Waals surface area (Å²) in [5.41, 5.74) is 2.05. The molecule has 2 heterocycles. The van der Waals surface area contributed by atoms with E-state index < -0.39 is 11.5 Å². The largest absolute Gasteiger partial charge is 0.326 e. The molecule has 29 heavy (non-hydrogen) atoms. The number of carbonyl (C=O) groups excluding carboxylic acids is 2. The average Bonchev–Trinajstić information content (AvgIpc) is 3.14. The number of thiazole rings is 1. The van der Waals surface area contributed by atoms with Gasteiger partial charge in [0.2, 0.25) is 5.91 Å². The van der Waals surface area contributed by atoms with Crippen molar-refractivity contribution in [3.8, 4) is 11.3 Å². The van der Waals surface area contributed by atoms with Crippen molar-refractivity contribution in [2.24, 2.45) is 0 Å². The van der Waals surface area contributed by atoms with E-state index in [1.165, 1.54) is 28.9 Å². The molecule has 2 amide bonds. The van der Waals surface area contributed by atoms with Crippen LogP contribution in [-0.4, -0.2) is 21.2 Å². The standard InChI is InChI=1S/C21H16N4O3S/c1-13(26)23-15-8-5-9-16(10-15)24-19(27)17-11-22-21-25(20(17)28)18(12-29-21)14-6-3-2-4-7-14/h2-12H,1H3,(H,23,26)(H,24,27). The Labute approximate surface area is 169 Å². The predicted molar refractivity (Wildman–Crippen MR) is 113 cm³/mol. The van der Waals surface area contributed by atoms with Gasteiger partial charge in [-0.1, -0.05) is 36.4 Å². The number of nitrogens with zero attached hydrogens (tertiary/aromatic N) is 2. The predicted octanol–water partition coefficient (Wildman–Crippen LogP) is 3.63. The van der Waals surface area contributed by atoms with Gasteiger partial charge in [-0.2, -0.15) is 0 Å². The molecule has 2 aromatic heterocycles. The van der Waals surface area contributed by atoms with E-state index in [9.17, 15) is 14.4 Å². The van der Waals surface area contributed by atoms with E-state index in [0.29, 0.717) is 22.0 Å². The molecule has 0 aliphatic carbocycles. The number of benzene rings is 2. The lowest BCUT2D eigenvalue weighted by atomic mass is 10.2. The molecule has 0 aliphatic rings. The first kappa shape index (κ1) is 18.6. The first-order chi connectivity index (χ1) is 14.0. The fourth-order valence-electron chi connectivity index (χ4n) is 2.94. The van der Waals surface area contributed by atoms with Crippen LogP contribution in [0.3, 0.4) is 0 Å². The Balaban J connectivity index is 1.69. The summed E-state index contributed by atoms with van der Waals surface area (Å²) in [6.07, 6.45) is 1.29. The van der Waals surface area contributed by atoms with Crippen molar-refractivity contribution < 1.29 is 9.59 Å². The Bertz CT molecular complexity index is 1280. The summed E-state index contributed by atoms with van der Waals surface area (Å²) in [5.74, 6) is -0.783.